The second-order valence-electron chi connectivity index (χ2n) is 14.3. The zero-order chi connectivity index (χ0) is 37.1. The molecule has 0 aromatic heterocycles. The van der Waals surface area contributed by atoms with Gasteiger partial charge in [0, 0.05) is 56.3 Å². The Balaban J connectivity index is -0.000000799. The number of rotatable bonds is 22. The van der Waals surface area contributed by atoms with E-state index in [4.69, 9.17) is 0 Å². The summed E-state index contributed by atoms with van der Waals surface area (Å²) >= 11 is 0. The lowest BCUT2D eigenvalue weighted by Crippen LogP contribution is -2.41. The molecule has 0 aliphatic rings. The van der Waals surface area contributed by atoms with E-state index in [2.05, 4.69) is 121 Å². The van der Waals surface area contributed by atoms with Gasteiger partial charge in [-0.3, -0.25) is 9.79 Å². The molecule has 5 N–H and O–H groups in total. The Morgan fingerprint density at radius 2 is 1.36 bits per heavy atom. The van der Waals surface area contributed by atoms with Crippen LogP contribution < -0.4 is 26.6 Å². The van der Waals surface area contributed by atoms with Gasteiger partial charge < -0.3 is 26.6 Å². The average molecular weight is 661 g/mol. The van der Waals surface area contributed by atoms with Crippen molar-refractivity contribution in [3.05, 3.63) is 48.6 Å². The van der Waals surface area contributed by atoms with Gasteiger partial charge in [-0.2, -0.15) is 0 Å². The molecule has 2 unspecified atom stereocenters. The lowest BCUT2D eigenvalue weighted by atomic mass is 9.94. The normalized spacial score (nSPS) is 13.0. The summed E-state index contributed by atoms with van der Waals surface area (Å²) in [5.41, 5.74) is 4.27. The van der Waals surface area contributed by atoms with Gasteiger partial charge >= 0.3 is 0 Å². The zero-order valence-electron chi connectivity index (χ0n) is 33.8. The van der Waals surface area contributed by atoms with Gasteiger partial charge in [-0.25, -0.2) is 0 Å². The first-order chi connectivity index (χ1) is 21.9. The quantitative estimate of drug-likeness (QED) is 0.0590. The van der Waals surface area contributed by atoms with Crippen molar-refractivity contribution in [3.8, 4) is 0 Å². The van der Waals surface area contributed by atoms with E-state index in [9.17, 15) is 4.79 Å². The minimum Gasteiger partial charge on any atom is -0.387 e. The highest BCUT2D eigenvalue weighted by molar-refractivity contribution is 5.87. The maximum atomic E-state index is 12.3. The smallest absolute Gasteiger partial charge is 0.220 e. The van der Waals surface area contributed by atoms with Crippen LogP contribution in [0.2, 0.25) is 0 Å². The fourth-order valence-corrected chi connectivity index (χ4v) is 4.53. The van der Waals surface area contributed by atoms with E-state index in [0.717, 1.165) is 60.9 Å². The summed E-state index contributed by atoms with van der Waals surface area (Å²) in [6, 6.07) is 0.230. The number of hydrogen-bond donors (Lipinski definition) is 5. The Morgan fingerprint density at radius 3 is 1.81 bits per heavy atom. The summed E-state index contributed by atoms with van der Waals surface area (Å²) in [5.74, 6) is 3.81. The molecule has 0 radical (unpaired) electrons. The summed E-state index contributed by atoms with van der Waals surface area (Å²) in [7, 11) is 1.74. The van der Waals surface area contributed by atoms with Crippen molar-refractivity contribution in [2.24, 2.45) is 34.6 Å². The van der Waals surface area contributed by atoms with Crippen molar-refractivity contribution < 1.29 is 4.79 Å². The van der Waals surface area contributed by atoms with Crippen LogP contribution in [0, 0.1) is 29.6 Å². The Labute approximate surface area is 293 Å². The van der Waals surface area contributed by atoms with Crippen LogP contribution in [-0.2, 0) is 4.79 Å². The Bertz CT molecular complexity index is 912. The molecule has 3 atom stereocenters. The number of carbonyl (C=O) groups excluding carboxylic acids is 1. The topological polar surface area (TPSA) is 89.6 Å². The second kappa shape index (κ2) is 29.4. The van der Waals surface area contributed by atoms with Crippen LogP contribution in [0.25, 0.3) is 0 Å². The molecule has 0 saturated carbocycles. The van der Waals surface area contributed by atoms with Crippen LogP contribution in [-0.4, -0.2) is 44.0 Å². The minimum atomic E-state index is -0.0163. The molecule has 0 fully saturated rings. The summed E-state index contributed by atoms with van der Waals surface area (Å²) < 4.78 is 0. The molecule has 276 valence electrons. The lowest BCUT2D eigenvalue weighted by Gasteiger charge is -2.30. The summed E-state index contributed by atoms with van der Waals surface area (Å²) in [5, 5.41) is 16.6. The van der Waals surface area contributed by atoms with E-state index in [0.29, 0.717) is 42.4 Å². The van der Waals surface area contributed by atoms with Gasteiger partial charge in [-0.15, -0.1) is 0 Å². The first-order valence-corrected chi connectivity index (χ1v) is 18.4. The van der Waals surface area contributed by atoms with E-state index in [-0.39, 0.29) is 18.0 Å². The van der Waals surface area contributed by atoms with Gasteiger partial charge in [-0.1, -0.05) is 115 Å². The van der Waals surface area contributed by atoms with Crippen LogP contribution in [0.3, 0.4) is 0 Å². The largest absolute Gasteiger partial charge is 0.387 e. The highest BCUT2D eigenvalue weighted by atomic mass is 16.1. The maximum Gasteiger partial charge on any atom is 0.220 e. The van der Waals surface area contributed by atoms with Gasteiger partial charge in [-0.05, 0) is 62.7 Å². The fraction of sp³-hybridized carbons (Fsp3) is 0.750. The molecule has 7 nitrogen and oxygen atoms in total. The van der Waals surface area contributed by atoms with Gasteiger partial charge in [0.15, 0.2) is 0 Å². The highest BCUT2D eigenvalue weighted by Gasteiger charge is 2.20. The van der Waals surface area contributed by atoms with Crippen LogP contribution in [0.4, 0.5) is 0 Å². The van der Waals surface area contributed by atoms with E-state index in [1.54, 1.807) is 7.05 Å². The number of hydrogen-bond acceptors (Lipinski definition) is 5. The number of amidine groups is 1. The monoisotopic (exact) mass is 661 g/mol. The number of aliphatic imine (C=N–C) groups is 1. The highest BCUT2D eigenvalue weighted by Crippen LogP contribution is 2.19. The molecule has 0 aromatic rings. The molecule has 47 heavy (non-hydrogen) atoms. The molecule has 0 rings (SSSR count). The first kappa shape index (κ1) is 48.7. The SMILES string of the molecule is C=C(NCCC(C)C)C(CCC)NC(=O)CCC(=NC)NC=C(C)C.C=C(N[C@H](C(=C)NCC(C)C)C(C)C)C(C)CC(C)C.CC. The van der Waals surface area contributed by atoms with Gasteiger partial charge in [0.1, 0.15) is 5.84 Å². The van der Waals surface area contributed by atoms with Crippen molar-refractivity contribution in [2.75, 3.05) is 20.1 Å². The van der Waals surface area contributed by atoms with Crippen molar-refractivity contribution in [1.82, 2.24) is 26.6 Å². The number of allylic oxidation sites excluding steroid dienone is 2. The molecule has 0 spiro atoms. The van der Waals surface area contributed by atoms with E-state index in [1.165, 1.54) is 6.42 Å². The fourth-order valence-electron chi connectivity index (χ4n) is 4.53. The molecule has 0 aliphatic carbocycles. The van der Waals surface area contributed by atoms with Crippen LogP contribution in [0.1, 0.15) is 135 Å². The van der Waals surface area contributed by atoms with Gasteiger partial charge in [0.2, 0.25) is 5.91 Å². The van der Waals surface area contributed by atoms with E-state index < -0.39 is 0 Å². The first-order valence-electron chi connectivity index (χ1n) is 18.4. The second-order valence-corrected chi connectivity index (χ2v) is 14.3. The van der Waals surface area contributed by atoms with Crippen LogP contribution in [0.5, 0.6) is 0 Å². The third kappa shape index (κ3) is 28.1. The molecule has 0 saturated heterocycles. The Kier molecular flexibility index (Phi) is 30.5. The average Bonchev–Trinajstić information content (AvgIpc) is 2.98. The van der Waals surface area contributed by atoms with E-state index in [1.807, 2.05) is 33.9 Å². The van der Waals surface area contributed by atoms with Crippen LogP contribution in [0.15, 0.2) is 53.6 Å². The molecule has 0 bridgehead atoms. The molecule has 0 aliphatic heterocycles. The summed E-state index contributed by atoms with van der Waals surface area (Å²) in [6.45, 7) is 44.6. The minimum absolute atomic E-state index is 0.0163. The number of nitrogens with one attached hydrogen (secondary N) is 5. The molecular weight excluding hydrogens is 580 g/mol. The molecule has 0 heterocycles. The molecular formula is C40H80N6O. The van der Waals surface area contributed by atoms with Gasteiger partial charge in [0.25, 0.3) is 0 Å². The standard InChI is InChI=1S/C20H38N4O.C18H36N2.C2H6/c1-8-9-18(17(6)22-13-12-15(2)3)24-20(25)11-10-19(21-7)23-14-16(4)5;1-12(2)10-15(7)16(8)20-18(14(5)6)17(9)19-11-13(3)4;1-2/h14-15,18,22H,6,8-13H2,1-5,7H3,(H,21,23)(H,24,25);12-15,18-20H,8-11H2,1-7H3;1-2H3/t;15?,18-;/m.0./s1. The van der Waals surface area contributed by atoms with Crippen LogP contribution >= 0.6 is 0 Å². The van der Waals surface area contributed by atoms with Crippen molar-refractivity contribution in [3.63, 3.8) is 0 Å². The van der Waals surface area contributed by atoms with Gasteiger partial charge in [0.05, 0.1) is 12.1 Å². The number of amides is 1. The summed E-state index contributed by atoms with van der Waals surface area (Å²) in [4.78, 5) is 16.5. The molecule has 1 amide bonds. The summed E-state index contributed by atoms with van der Waals surface area (Å²) in [6.07, 6.45) is 7.07. The van der Waals surface area contributed by atoms with Crippen molar-refractivity contribution in [2.45, 2.75) is 148 Å². The maximum absolute atomic E-state index is 12.3. The van der Waals surface area contributed by atoms with Crippen molar-refractivity contribution >= 4 is 11.7 Å². The predicted molar refractivity (Wildman–Crippen MR) is 211 cm³/mol. The van der Waals surface area contributed by atoms with E-state index >= 15 is 0 Å². The lowest BCUT2D eigenvalue weighted by molar-refractivity contribution is -0.121. The zero-order valence-corrected chi connectivity index (χ0v) is 33.8. The molecule has 7 heteroatoms. The number of carbonyl (C=O) groups is 1. The van der Waals surface area contributed by atoms with Crippen molar-refractivity contribution in [1.29, 1.82) is 0 Å². The predicted octanol–water partition coefficient (Wildman–Crippen LogP) is 9.32. The molecule has 0 aromatic carbocycles. The third-order valence-electron chi connectivity index (χ3n) is 7.33. The third-order valence-corrected chi connectivity index (χ3v) is 7.33. The number of nitrogens with zero attached hydrogens (tertiary/aromatic N) is 1. The Morgan fingerprint density at radius 1 is 0.766 bits per heavy atom. The Hall–Kier alpha value is -2.70.